The van der Waals surface area contributed by atoms with Crippen molar-refractivity contribution in [2.24, 2.45) is 12.5 Å². The number of hydrogen-bond acceptors (Lipinski definition) is 2. The molecule has 1 rings (SSSR count). The van der Waals surface area contributed by atoms with Crippen LogP contribution in [0.2, 0.25) is 0 Å². The van der Waals surface area contributed by atoms with Gasteiger partial charge in [0.15, 0.2) is 0 Å². The Balaban J connectivity index is 2.75. The number of alkyl halides is 1. The van der Waals surface area contributed by atoms with Crippen molar-refractivity contribution in [3.63, 3.8) is 0 Å². The molecule has 0 saturated carbocycles. The molecule has 4 nitrogen and oxygen atoms in total. The Hall–Kier alpha value is -0.840. The van der Waals surface area contributed by atoms with Crippen molar-refractivity contribution in [1.29, 1.82) is 0 Å². The highest BCUT2D eigenvalue weighted by Crippen LogP contribution is 2.22. The molecule has 1 amide bonds. The van der Waals surface area contributed by atoms with E-state index < -0.39 is 0 Å². The van der Waals surface area contributed by atoms with Gasteiger partial charge in [0, 0.05) is 24.6 Å². The van der Waals surface area contributed by atoms with Crippen LogP contribution in [0.5, 0.6) is 0 Å². The number of aromatic nitrogens is 2. The second kappa shape index (κ2) is 5.67. The van der Waals surface area contributed by atoms with E-state index in [2.05, 4.69) is 47.1 Å². The molecule has 1 aromatic heterocycles. The van der Waals surface area contributed by atoms with Crippen LogP contribution in [-0.4, -0.2) is 27.1 Å². The number of hydrogen-bond donors (Lipinski definition) is 1. The molecular formula is C12H20BrN3O. The third-order valence-corrected chi connectivity index (χ3v) is 3.26. The van der Waals surface area contributed by atoms with E-state index in [1.54, 1.807) is 24.0 Å². The van der Waals surface area contributed by atoms with E-state index in [0.717, 1.165) is 11.8 Å². The number of nitrogens with zero attached hydrogens (tertiary/aromatic N) is 2. The smallest absolute Gasteiger partial charge is 0.269 e. The molecule has 0 bridgehead atoms. The van der Waals surface area contributed by atoms with Crippen molar-refractivity contribution in [3.8, 4) is 0 Å². The summed E-state index contributed by atoms with van der Waals surface area (Å²) in [5.41, 5.74) is 0.635. The third kappa shape index (κ3) is 3.84. The molecule has 1 heterocycles. The van der Waals surface area contributed by atoms with E-state index in [0.29, 0.717) is 5.69 Å². The Morgan fingerprint density at radius 1 is 1.59 bits per heavy atom. The first kappa shape index (κ1) is 14.2. The van der Waals surface area contributed by atoms with Crippen LogP contribution in [0.25, 0.3) is 0 Å². The van der Waals surface area contributed by atoms with Gasteiger partial charge in [-0.2, -0.15) is 5.10 Å². The highest BCUT2D eigenvalue weighted by Gasteiger charge is 2.26. The maximum absolute atomic E-state index is 12.1. The van der Waals surface area contributed by atoms with Crippen molar-refractivity contribution in [1.82, 2.24) is 15.1 Å². The van der Waals surface area contributed by atoms with Crippen LogP contribution in [0.3, 0.4) is 0 Å². The molecule has 0 radical (unpaired) electrons. The van der Waals surface area contributed by atoms with Gasteiger partial charge in [-0.3, -0.25) is 9.48 Å². The Morgan fingerprint density at radius 3 is 2.65 bits per heavy atom. The fourth-order valence-electron chi connectivity index (χ4n) is 1.66. The lowest BCUT2D eigenvalue weighted by molar-refractivity contribution is 0.0891. The lowest BCUT2D eigenvalue weighted by Crippen LogP contribution is -2.44. The first-order valence-corrected chi connectivity index (χ1v) is 6.83. The predicted molar refractivity (Wildman–Crippen MR) is 72.3 cm³/mol. The summed E-state index contributed by atoms with van der Waals surface area (Å²) in [5.74, 6) is -0.0640. The van der Waals surface area contributed by atoms with E-state index in [9.17, 15) is 4.79 Å². The molecule has 96 valence electrons. The number of rotatable bonds is 4. The number of aryl methyl sites for hydroxylation is 1. The largest absolute Gasteiger partial charge is 0.347 e. The van der Waals surface area contributed by atoms with Crippen molar-refractivity contribution < 1.29 is 4.79 Å². The van der Waals surface area contributed by atoms with Gasteiger partial charge >= 0.3 is 0 Å². The van der Waals surface area contributed by atoms with Gasteiger partial charge in [0.05, 0.1) is 0 Å². The van der Waals surface area contributed by atoms with Crippen LogP contribution in [0, 0.1) is 5.41 Å². The summed E-state index contributed by atoms with van der Waals surface area (Å²) in [4.78, 5) is 12.1. The maximum Gasteiger partial charge on any atom is 0.269 e. The van der Waals surface area contributed by atoms with Crippen molar-refractivity contribution in [3.05, 3.63) is 18.0 Å². The average Bonchev–Trinajstić information content (AvgIpc) is 2.62. The van der Waals surface area contributed by atoms with Gasteiger partial charge in [-0.15, -0.1) is 0 Å². The van der Waals surface area contributed by atoms with E-state index in [4.69, 9.17) is 0 Å². The fraction of sp³-hybridized carbons (Fsp3) is 0.667. The lowest BCUT2D eigenvalue weighted by atomic mass is 9.85. The fourth-order valence-corrected chi connectivity index (χ4v) is 2.12. The van der Waals surface area contributed by atoms with Crippen LogP contribution in [-0.2, 0) is 7.05 Å². The third-order valence-electron chi connectivity index (χ3n) is 2.80. The Bertz CT molecular complexity index is 381. The SMILES string of the molecule is Cn1nccc1C(=O)NC(CCBr)C(C)(C)C. The summed E-state index contributed by atoms with van der Waals surface area (Å²) < 4.78 is 1.59. The minimum Gasteiger partial charge on any atom is -0.347 e. The lowest BCUT2D eigenvalue weighted by Gasteiger charge is -2.31. The minimum atomic E-state index is -0.0640. The van der Waals surface area contributed by atoms with Crippen molar-refractivity contribution in [2.45, 2.75) is 33.2 Å². The molecule has 5 heteroatoms. The summed E-state index contributed by atoms with van der Waals surface area (Å²) >= 11 is 3.43. The molecule has 0 aliphatic carbocycles. The molecule has 0 aliphatic heterocycles. The van der Waals surface area contributed by atoms with Gasteiger partial charge in [-0.05, 0) is 17.9 Å². The molecular weight excluding hydrogens is 282 g/mol. The number of carbonyl (C=O) groups is 1. The zero-order valence-corrected chi connectivity index (χ0v) is 12.4. The van der Waals surface area contributed by atoms with Crippen LogP contribution >= 0.6 is 15.9 Å². The average molecular weight is 302 g/mol. The van der Waals surface area contributed by atoms with Gasteiger partial charge in [-0.1, -0.05) is 36.7 Å². The van der Waals surface area contributed by atoms with Gasteiger partial charge < -0.3 is 5.32 Å². The van der Waals surface area contributed by atoms with Gasteiger partial charge in [0.1, 0.15) is 5.69 Å². The normalized spacial score (nSPS) is 13.5. The molecule has 1 atom stereocenters. The summed E-state index contributed by atoms with van der Waals surface area (Å²) in [5, 5.41) is 7.95. The van der Waals surface area contributed by atoms with Crippen LogP contribution in [0.4, 0.5) is 0 Å². The highest BCUT2D eigenvalue weighted by atomic mass is 79.9. The summed E-state index contributed by atoms with van der Waals surface area (Å²) in [6.45, 7) is 6.39. The van der Waals surface area contributed by atoms with Gasteiger partial charge in [0.2, 0.25) is 0 Å². The van der Waals surface area contributed by atoms with Crippen LogP contribution in [0.15, 0.2) is 12.3 Å². The van der Waals surface area contributed by atoms with E-state index >= 15 is 0 Å². The quantitative estimate of drug-likeness (QED) is 0.868. The minimum absolute atomic E-state index is 0.0437. The van der Waals surface area contributed by atoms with Crippen LogP contribution < -0.4 is 5.32 Å². The van der Waals surface area contributed by atoms with Gasteiger partial charge in [0.25, 0.3) is 5.91 Å². The second-order valence-electron chi connectivity index (χ2n) is 5.21. The van der Waals surface area contributed by atoms with Crippen LogP contribution in [0.1, 0.15) is 37.7 Å². The Kier molecular flexibility index (Phi) is 4.74. The number of carbonyl (C=O) groups excluding carboxylic acids is 1. The van der Waals surface area contributed by atoms with Crippen molar-refractivity contribution in [2.75, 3.05) is 5.33 Å². The van der Waals surface area contributed by atoms with Crippen molar-refractivity contribution >= 4 is 21.8 Å². The summed E-state index contributed by atoms with van der Waals surface area (Å²) in [7, 11) is 1.77. The first-order valence-electron chi connectivity index (χ1n) is 5.71. The second-order valence-corrected chi connectivity index (χ2v) is 6.00. The van der Waals surface area contributed by atoms with Gasteiger partial charge in [-0.25, -0.2) is 0 Å². The molecule has 0 spiro atoms. The molecule has 0 aliphatic rings. The molecule has 1 unspecified atom stereocenters. The Labute approximate surface area is 111 Å². The molecule has 1 aromatic rings. The number of halogens is 1. The predicted octanol–water partition coefficient (Wildman–Crippen LogP) is 2.35. The highest BCUT2D eigenvalue weighted by molar-refractivity contribution is 9.09. The van der Waals surface area contributed by atoms with E-state index in [1.165, 1.54) is 0 Å². The zero-order chi connectivity index (χ0) is 13.1. The summed E-state index contributed by atoms with van der Waals surface area (Å²) in [6.07, 6.45) is 2.54. The number of amides is 1. The topological polar surface area (TPSA) is 46.9 Å². The molecule has 0 saturated heterocycles. The monoisotopic (exact) mass is 301 g/mol. The summed E-state index contributed by atoms with van der Waals surface area (Å²) in [6, 6.07) is 1.87. The molecule has 0 aromatic carbocycles. The van der Waals surface area contributed by atoms with E-state index in [-0.39, 0.29) is 17.4 Å². The van der Waals surface area contributed by atoms with E-state index in [1.807, 2.05) is 0 Å². The standard InChI is InChI=1S/C12H20BrN3O/c1-12(2,3)10(5-7-13)15-11(17)9-6-8-14-16(9)4/h6,8,10H,5,7H2,1-4H3,(H,15,17). The first-order chi connectivity index (χ1) is 7.86. The molecule has 17 heavy (non-hydrogen) atoms. The maximum atomic E-state index is 12.1. The Morgan fingerprint density at radius 2 is 2.24 bits per heavy atom. The number of nitrogens with one attached hydrogen (secondary N) is 1. The molecule has 0 fully saturated rings. The zero-order valence-electron chi connectivity index (χ0n) is 10.8. The molecule has 1 N–H and O–H groups in total.